The highest BCUT2D eigenvalue weighted by Gasteiger charge is 2.02. The molecule has 0 spiro atoms. The second-order valence-electron chi connectivity index (χ2n) is 5.17. The van der Waals surface area contributed by atoms with Crippen molar-refractivity contribution in [1.82, 2.24) is 10.3 Å². The number of thiophene rings is 1. The Kier molecular flexibility index (Phi) is 5.41. The average Bonchev–Trinajstić information content (AvgIpc) is 3.14. The van der Waals surface area contributed by atoms with Gasteiger partial charge in [0.15, 0.2) is 0 Å². The van der Waals surface area contributed by atoms with Gasteiger partial charge < -0.3 is 5.32 Å². The highest BCUT2D eigenvalue weighted by Crippen LogP contribution is 2.22. The Morgan fingerprint density at radius 3 is 2.88 bits per heavy atom. The lowest BCUT2D eigenvalue weighted by Crippen LogP contribution is -2.20. The molecule has 0 bridgehead atoms. The number of aromatic nitrogens is 1. The van der Waals surface area contributed by atoms with E-state index in [-0.39, 0.29) is 5.91 Å². The van der Waals surface area contributed by atoms with Gasteiger partial charge in [-0.05, 0) is 51.7 Å². The summed E-state index contributed by atoms with van der Waals surface area (Å²) in [5, 5.41) is 7.58. The van der Waals surface area contributed by atoms with Gasteiger partial charge >= 0.3 is 0 Å². The van der Waals surface area contributed by atoms with Crippen molar-refractivity contribution in [2.75, 3.05) is 0 Å². The second-order valence-corrected chi connectivity index (χ2v) is 6.35. The van der Waals surface area contributed by atoms with Gasteiger partial charge in [-0.3, -0.25) is 9.78 Å². The van der Waals surface area contributed by atoms with Crippen LogP contribution < -0.4 is 5.32 Å². The zero-order chi connectivity index (χ0) is 16.8. The molecule has 1 aromatic carbocycles. The van der Waals surface area contributed by atoms with Crippen molar-refractivity contribution in [3.8, 4) is 11.1 Å². The van der Waals surface area contributed by atoms with Crippen molar-refractivity contribution in [1.29, 1.82) is 0 Å². The lowest BCUT2D eigenvalue weighted by atomic mass is 10.1. The maximum atomic E-state index is 12.0. The second kappa shape index (κ2) is 7.90. The summed E-state index contributed by atoms with van der Waals surface area (Å²) in [5.74, 6) is -0.171. The van der Waals surface area contributed by atoms with Crippen molar-refractivity contribution in [2.45, 2.75) is 6.54 Å². The number of nitrogens with one attached hydrogen (secondary N) is 1. The molecule has 0 fully saturated rings. The molecule has 3 nitrogen and oxygen atoms in total. The first-order valence-electron chi connectivity index (χ1n) is 7.39. The lowest BCUT2D eigenvalue weighted by molar-refractivity contribution is -0.116. The quantitative estimate of drug-likeness (QED) is 0.669. The molecular formula is C19H15ClN2OS. The molecule has 24 heavy (non-hydrogen) atoms. The summed E-state index contributed by atoms with van der Waals surface area (Å²) in [7, 11) is 0. The molecule has 3 rings (SSSR count). The summed E-state index contributed by atoms with van der Waals surface area (Å²) in [6.45, 7) is 0.427. The predicted molar refractivity (Wildman–Crippen MR) is 99.9 cm³/mol. The first-order valence-corrected chi connectivity index (χ1v) is 8.71. The van der Waals surface area contributed by atoms with E-state index in [1.54, 1.807) is 29.7 Å². The summed E-state index contributed by atoms with van der Waals surface area (Å²) in [6.07, 6.45) is 6.77. The minimum Gasteiger partial charge on any atom is -0.348 e. The lowest BCUT2D eigenvalue weighted by Gasteiger charge is -2.04. The Morgan fingerprint density at radius 2 is 2.08 bits per heavy atom. The van der Waals surface area contributed by atoms with Crippen LogP contribution >= 0.6 is 22.9 Å². The molecule has 0 aliphatic heterocycles. The number of amides is 1. The fourth-order valence-electron chi connectivity index (χ4n) is 2.19. The normalized spacial score (nSPS) is 10.9. The van der Waals surface area contributed by atoms with E-state index in [1.165, 1.54) is 6.08 Å². The molecule has 0 atom stereocenters. The molecule has 0 unspecified atom stereocenters. The summed E-state index contributed by atoms with van der Waals surface area (Å²) >= 11 is 7.70. The molecule has 0 saturated heterocycles. The first kappa shape index (κ1) is 16.4. The first-order chi connectivity index (χ1) is 11.7. The minimum absolute atomic E-state index is 0.171. The van der Waals surface area contributed by atoms with E-state index in [2.05, 4.69) is 21.7 Å². The molecule has 5 heteroatoms. The van der Waals surface area contributed by atoms with E-state index in [9.17, 15) is 4.79 Å². The zero-order valence-electron chi connectivity index (χ0n) is 12.8. The fraction of sp³-hybridized carbons (Fsp3) is 0.0526. The number of hydrogen-bond acceptors (Lipinski definition) is 3. The van der Waals surface area contributed by atoms with Crippen LogP contribution in [0.5, 0.6) is 0 Å². The molecule has 1 amide bonds. The average molecular weight is 355 g/mol. The van der Waals surface area contributed by atoms with Gasteiger partial charge in [0.05, 0.1) is 0 Å². The number of nitrogens with zero attached hydrogens (tertiary/aromatic N) is 1. The number of hydrogen-bond donors (Lipinski definition) is 1. The number of pyridine rings is 1. The third-order valence-corrected chi connectivity index (χ3v) is 4.46. The largest absolute Gasteiger partial charge is 0.348 e. The van der Waals surface area contributed by atoms with Crippen LogP contribution in [0.1, 0.15) is 11.1 Å². The molecule has 1 N–H and O–H groups in total. The van der Waals surface area contributed by atoms with Crippen LogP contribution in [0.4, 0.5) is 0 Å². The van der Waals surface area contributed by atoms with Gasteiger partial charge in [0.25, 0.3) is 0 Å². The SMILES string of the molecule is O=C(/C=C/c1ccccc1Cl)NCc1cncc(-c2ccsc2)c1. The maximum Gasteiger partial charge on any atom is 0.244 e. The highest BCUT2D eigenvalue weighted by molar-refractivity contribution is 7.08. The molecule has 2 aromatic heterocycles. The van der Waals surface area contributed by atoms with Crippen molar-refractivity contribution in [3.05, 3.63) is 81.8 Å². The van der Waals surface area contributed by atoms with Crippen LogP contribution in [-0.4, -0.2) is 10.9 Å². The van der Waals surface area contributed by atoms with Crippen molar-refractivity contribution >= 4 is 34.9 Å². The minimum atomic E-state index is -0.171. The van der Waals surface area contributed by atoms with Gasteiger partial charge in [-0.25, -0.2) is 0 Å². The van der Waals surface area contributed by atoms with Crippen LogP contribution in [0.3, 0.4) is 0 Å². The standard InChI is InChI=1S/C19H15ClN2OS/c20-18-4-2-1-3-15(18)5-6-19(23)22-11-14-9-17(12-21-10-14)16-7-8-24-13-16/h1-10,12-13H,11H2,(H,22,23)/b6-5+. The van der Waals surface area contributed by atoms with E-state index >= 15 is 0 Å². The smallest absolute Gasteiger partial charge is 0.244 e. The summed E-state index contributed by atoms with van der Waals surface area (Å²) in [4.78, 5) is 16.2. The Bertz CT molecular complexity index is 859. The molecule has 0 radical (unpaired) electrons. The van der Waals surface area contributed by atoms with E-state index in [1.807, 2.05) is 35.8 Å². The van der Waals surface area contributed by atoms with Gasteiger partial charge in [0.1, 0.15) is 0 Å². The number of rotatable bonds is 5. The fourth-order valence-corrected chi connectivity index (χ4v) is 3.06. The van der Waals surface area contributed by atoms with Gasteiger partial charge in [-0.15, -0.1) is 0 Å². The maximum absolute atomic E-state index is 12.0. The van der Waals surface area contributed by atoms with Crippen LogP contribution in [0, 0.1) is 0 Å². The molecule has 120 valence electrons. The van der Waals surface area contributed by atoms with Crippen LogP contribution in [0.15, 0.2) is 65.6 Å². The number of benzene rings is 1. The topological polar surface area (TPSA) is 42.0 Å². The van der Waals surface area contributed by atoms with Crippen LogP contribution in [0.2, 0.25) is 5.02 Å². The van der Waals surface area contributed by atoms with Crippen molar-refractivity contribution < 1.29 is 4.79 Å². The van der Waals surface area contributed by atoms with Crippen molar-refractivity contribution in [2.24, 2.45) is 0 Å². The zero-order valence-corrected chi connectivity index (χ0v) is 14.3. The number of halogens is 1. The van der Waals surface area contributed by atoms with E-state index in [0.717, 1.165) is 22.3 Å². The molecule has 0 saturated carbocycles. The summed E-state index contributed by atoms with van der Waals surface area (Å²) in [5.41, 5.74) is 3.96. The third-order valence-electron chi connectivity index (χ3n) is 3.44. The molecule has 3 aromatic rings. The Morgan fingerprint density at radius 1 is 1.21 bits per heavy atom. The predicted octanol–water partition coefficient (Wildman–Crippen LogP) is 4.79. The monoisotopic (exact) mass is 354 g/mol. The molecule has 2 heterocycles. The molecular weight excluding hydrogens is 340 g/mol. The Hall–Kier alpha value is -2.43. The molecule has 0 aliphatic rings. The van der Waals surface area contributed by atoms with E-state index in [4.69, 9.17) is 11.6 Å². The molecule has 0 aliphatic carbocycles. The van der Waals surface area contributed by atoms with E-state index < -0.39 is 0 Å². The van der Waals surface area contributed by atoms with Gasteiger partial charge in [-0.1, -0.05) is 29.8 Å². The van der Waals surface area contributed by atoms with Gasteiger partial charge in [-0.2, -0.15) is 11.3 Å². The summed E-state index contributed by atoms with van der Waals surface area (Å²) < 4.78 is 0. The van der Waals surface area contributed by atoms with Crippen LogP contribution in [0.25, 0.3) is 17.2 Å². The Labute approximate surface area is 149 Å². The van der Waals surface area contributed by atoms with Gasteiger partial charge in [0, 0.05) is 35.6 Å². The number of carbonyl (C=O) groups excluding carboxylic acids is 1. The Balaban J connectivity index is 1.61. The van der Waals surface area contributed by atoms with Crippen molar-refractivity contribution in [3.63, 3.8) is 0 Å². The van der Waals surface area contributed by atoms with Crippen LogP contribution in [-0.2, 0) is 11.3 Å². The van der Waals surface area contributed by atoms with Gasteiger partial charge in [0.2, 0.25) is 5.91 Å². The third kappa shape index (κ3) is 4.31. The van der Waals surface area contributed by atoms with E-state index in [0.29, 0.717) is 11.6 Å². The highest BCUT2D eigenvalue weighted by atomic mass is 35.5. The number of carbonyl (C=O) groups is 1. The summed E-state index contributed by atoms with van der Waals surface area (Å²) in [6, 6.07) is 11.5.